The summed E-state index contributed by atoms with van der Waals surface area (Å²) in [6.45, 7) is 2.87. The predicted octanol–water partition coefficient (Wildman–Crippen LogP) is 0.247. The lowest BCUT2D eigenvalue weighted by Crippen LogP contribution is -2.41. The normalized spacial score (nSPS) is 31.9. The van der Waals surface area contributed by atoms with Crippen molar-refractivity contribution in [1.82, 2.24) is 4.72 Å². The molecule has 0 spiro atoms. The molecule has 1 heterocycles. The van der Waals surface area contributed by atoms with Crippen molar-refractivity contribution in [2.75, 3.05) is 13.2 Å². The SMILES string of the molecule is CC1(NS(=O)(=O)C2CCOC2)CC1. The van der Waals surface area contributed by atoms with Crippen LogP contribution in [0.15, 0.2) is 0 Å². The molecule has 1 saturated heterocycles. The van der Waals surface area contributed by atoms with Crippen molar-refractivity contribution in [3.8, 4) is 0 Å². The summed E-state index contributed by atoms with van der Waals surface area (Å²) in [6, 6.07) is 0. The van der Waals surface area contributed by atoms with Crippen LogP contribution in [-0.4, -0.2) is 32.4 Å². The first-order valence-electron chi connectivity index (χ1n) is 4.62. The number of nitrogens with one attached hydrogen (secondary N) is 1. The van der Waals surface area contributed by atoms with Crippen LogP contribution in [0.25, 0.3) is 0 Å². The third-order valence-corrected chi connectivity index (χ3v) is 4.74. The van der Waals surface area contributed by atoms with Gasteiger partial charge in [-0.05, 0) is 26.2 Å². The summed E-state index contributed by atoms with van der Waals surface area (Å²) in [6.07, 6.45) is 2.55. The van der Waals surface area contributed by atoms with E-state index in [1.807, 2.05) is 6.92 Å². The summed E-state index contributed by atoms with van der Waals surface area (Å²) in [5, 5.41) is -0.329. The molecule has 1 aliphatic heterocycles. The Balaban J connectivity index is 2.02. The average molecular weight is 205 g/mol. The van der Waals surface area contributed by atoms with Crippen LogP contribution in [0.5, 0.6) is 0 Å². The second-order valence-electron chi connectivity index (χ2n) is 4.19. The molecular weight excluding hydrogens is 190 g/mol. The van der Waals surface area contributed by atoms with Crippen molar-refractivity contribution >= 4 is 10.0 Å². The molecule has 5 heteroatoms. The number of ether oxygens (including phenoxy) is 1. The summed E-state index contributed by atoms with van der Waals surface area (Å²) in [4.78, 5) is 0. The zero-order valence-electron chi connectivity index (χ0n) is 7.75. The Morgan fingerprint density at radius 2 is 2.15 bits per heavy atom. The Hall–Kier alpha value is -0.130. The van der Waals surface area contributed by atoms with Gasteiger partial charge in [0.15, 0.2) is 0 Å². The van der Waals surface area contributed by atoms with Crippen molar-refractivity contribution in [3.63, 3.8) is 0 Å². The number of sulfonamides is 1. The minimum Gasteiger partial charge on any atom is -0.380 e. The Morgan fingerprint density at radius 3 is 2.62 bits per heavy atom. The van der Waals surface area contributed by atoms with Crippen LogP contribution in [0.1, 0.15) is 26.2 Å². The zero-order valence-corrected chi connectivity index (χ0v) is 8.56. The Morgan fingerprint density at radius 1 is 1.46 bits per heavy atom. The van der Waals surface area contributed by atoms with Crippen LogP contribution in [0.3, 0.4) is 0 Å². The van der Waals surface area contributed by atoms with Crippen LogP contribution >= 0.6 is 0 Å². The van der Waals surface area contributed by atoms with Crippen molar-refractivity contribution in [1.29, 1.82) is 0 Å². The number of hydrogen-bond acceptors (Lipinski definition) is 3. The molecule has 4 nitrogen and oxygen atoms in total. The molecule has 0 aromatic heterocycles. The van der Waals surface area contributed by atoms with Gasteiger partial charge in [0.2, 0.25) is 10.0 Å². The highest BCUT2D eigenvalue weighted by molar-refractivity contribution is 7.90. The smallest absolute Gasteiger partial charge is 0.217 e. The number of hydrogen-bond donors (Lipinski definition) is 1. The summed E-state index contributed by atoms with van der Waals surface area (Å²) in [7, 11) is -3.13. The second-order valence-corrected chi connectivity index (χ2v) is 6.15. The first-order chi connectivity index (χ1) is 6.02. The Bertz CT molecular complexity index is 289. The minimum atomic E-state index is -3.13. The molecule has 1 unspecified atom stereocenters. The predicted molar refractivity (Wildman–Crippen MR) is 48.9 cm³/mol. The summed E-state index contributed by atoms with van der Waals surface area (Å²) in [5.74, 6) is 0. The van der Waals surface area contributed by atoms with Gasteiger partial charge in [-0.25, -0.2) is 13.1 Å². The fourth-order valence-electron chi connectivity index (χ4n) is 1.47. The van der Waals surface area contributed by atoms with E-state index in [4.69, 9.17) is 4.74 Å². The molecule has 1 N–H and O–H groups in total. The molecule has 0 aromatic carbocycles. The van der Waals surface area contributed by atoms with E-state index in [9.17, 15) is 8.42 Å². The quantitative estimate of drug-likeness (QED) is 0.718. The molecule has 0 bridgehead atoms. The van der Waals surface area contributed by atoms with E-state index in [2.05, 4.69) is 4.72 Å². The highest BCUT2D eigenvalue weighted by Crippen LogP contribution is 2.35. The third kappa shape index (κ3) is 2.03. The van der Waals surface area contributed by atoms with Gasteiger partial charge < -0.3 is 4.74 Å². The van der Waals surface area contributed by atoms with Gasteiger partial charge in [0.05, 0.1) is 6.61 Å². The molecular formula is C8H15NO3S. The molecule has 0 aromatic rings. The first kappa shape index (κ1) is 9.43. The van der Waals surface area contributed by atoms with E-state index in [1.54, 1.807) is 0 Å². The van der Waals surface area contributed by atoms with E-state index in [-0.39, 0.29) is 10.8 Å². The maximum absolute atomic E-state index is 11.7. The van der Waals surface area contributed by atoms with Gasteiger partial charge in [-0.15, -0.1) is 0 Å². The van der Waals surface area contributed by atoms with Gasteiger partial charge in [0.25, 0.3) is 0 Å². The van der Waals surface area contributed by atoms with Crippen molar-refractivity contribution in [2.45, 2.75) is 37.0 Å². The Kier molecular flexibility index (Phi) is 2.13. The average Bonchev–Trinajstić information content (AvgIpc) is 2.53. The van der Waals surface area contributed by atoms with Crippen molar-refractivity contribution in [3.05, 3.63) is 0 Å². The van der Waals surface area contributed by atoms with Gasteiger partial charge in [-0.1, -0.05) is 0 Å². The van der Waals surface area contributed by atoms with E-state index >= 15 is 0 Å². The van der Waals surface area contributed by atoms with Gasteiger partial charge >= 0.3 is 0 Å². The fourth-order valence-corrected chi connectivity index (χ4v) is 3.21. The topological polar surface area (TPSA) is 55.4 Å². The van der Waals surface area contributed by atoms with Crippen molar-refractivity contribution in [2.24, 2.45) is 0 Å². The third-order valence-electron chi connectivity index (χ3n) is 2.72. The lowest BCUT2D eigenvalue weighted by atomic mass is 10.4. The standard InChI is InChI=1S/C8H15NO3S/c1-8(3-4-8)9-13(10,11)7-2-5-12-6-7/h7,9H,2-6H2,1H3. The fraction of sp³-hybridized carbons (Fsp3) is 1.00. The first-order valence-corrected chi connectivity index (χ1v) is 6.17. The summed E-state index contributed by atoms with van der Waals surface area (Å²) < 4.78 is 31.2. The molecule has 0 radical (unpaired) electrons. The van der Waals surface area contributed by atoms with E-state index in [1.165, 1.54) is 0 Å². The van der Waals surface area contributed by atoms with Crippen LogP contribution in [0.4, 0.5) is 0 Å². The second kappa shape index (κ2) is 2.93. The van der Waals surface area contributed by atoms with Crippen LogP contribution in [0.2, 0.25) is 0 Å². The molecule has 1 aliphatic carbocycles. The highest BCUT2D eigenvalue weighted by Gasteiger charge is 2.43. The van der Waals surface area contributed by atoms with E-state index in [0.717, 1.165) is 12.8 Å². The van der Waals surface area contributed by atoms with Crippen LogP contribution in [-0.2, 0) is 14.8 Å². The molecule has 13 heavy (non-hydrogen) atoms. The van der Waals surface area contributed by atoms with Gasteiger partial charge in [0, 0.05) is 12.1 Å². The van der Waals surface area contributed by atoms with Crippen LogP contribution < -0.4 is 4.72 Å². The maximum atomic E-state index is 11.7. The van der Waals surface area contributed by atoms with Gasteiger partial charge in [0.1, 0.15) is 5.25 Å². The van der Waals surface area contributed by atoms with Crippen molar-refractivity contribution < 1.29 is 13.2 Å². The minimum absolute atomic E-state index is 0.151. The largest absolute Gasteiger partial charge is 0.380 e. The van der Waals surface area contributed by atoms with Crippen LogP contribution in [0, 0.1) is 0 Å². The molecule has 2 aliphatic rings. The monoisotopic (exact) mass is 205 g/mol. The lowest BCUT2D eigenvalue weighted by molar-refractivity contribution is 0.198. The van der Waals surface area contributed by atoms with Gasteiger partial charge in [-0.2, -0.15) is 0 Å². The molecule has 1 atom stereocenters. The highest BCUT2D eigenvalue weighted by atomic mass is 32.2. The zero-order chi connectivity index (χ0) is 9.53. The van der Waals surface area contributed by atoms with Gasteiger partial charge in [-0.3, -0.25) is 0 Å². The molecule has 76 valence electrons. The molecule has 2 fully saturated rings. The Labute approximate surface area is 78.7 Å². The molecule has 2 rings (SSSR count). The molecule has 0 amide bonds. The molecule has 1 saturated carbocycles. The maximum Gasteiger partial charge on any atom is 0.217 e. The summed E-state index contributed by atoms with van der Waals surface area (Å²) >= 11 is 0. The summed E-state index contributed by atoms with van der Waals surface area (Å²) in [5.41, 5.74) is -0.151. The number of rotatable bonds is 3. The van der Waals surface area contributed by atoms with E-state index < -0.39 is 10.0 Å². The van der Waals surface area contributed by atoms with E-state index in [0.29, 0.717) is 19.6 Å². The lowest BCUT2D eigenvalue weighted by Gasteiger charge is -2.15.